The Kier molecular flexibility index (Phi) is 8.23. The zero-order valence-electron chi connectivity index (χ0n) is 20.1. The van der Waals surface area contributed by atoms with Crippen molar-refractivity contribution in [2.45, 2.75) is 25.7 Å². The van der Waals surface area contributed by atoms with Gasteiger partial charge in [-0.1, -0.05) is 18.2 Å². The highest BCUT2D eigenvalue weighted by atomic mass is 19.1. The standard InChI is InChI=1S/C29H22F2N2O5/c1-32-26-16-23-25(17-28(26)37-12-2-3-29(35)36)33-11-10-27(23)38-22-9-6-19(24(31)15-22)14-21(34)13-18-4-7-20(30)8-5-18/h4-11,15-17H,2-3,12-14H2,(H,35,36). The number of aromatic nitrogens is 1. The van der Waals surface area contributed by atoms with Crippen LogP contribution in [0.5, 0.6) is 17.2 Å². The summed E-state index contributed by atoms with van der Waals surface area (Å²) in [6, 6.07) is 14.5. The third-order valence-corrected chi connectivity index (χ3v) is 5.65. The molecule has 3 aromatic carbocycles. The molecule has 0 spiro atoms. The smallest absolute Gasteiger partial charge is 0.303 e. The van der Waals surface area contributed by atoms with Gasteiger partial charge in [0.05, 0.1) is 18.7 Å². The number of carbonyl (C=O) groups is 2. The van der Waals surface area contributed by atoms with Gasteiger partial charge in [-0.05, 0) is 53.9 Å². The minimum absolute atomic E-state index is 0.0467. The molecular weight excluding hydrogens is 494 g/mol. The average Bonchev–Trinajstić information content (AvgIpc) is 2.89. The van der Waals surface area contributed by atoms with Crippen LogP contribution >= 0.6 is 0 Å². The molecule has 0 aliphatic carbocycles. The third-order valence-electron chi connectivity index (χ3n) is 5.65. The topological polar surface area (TPSA) is 90.1 Å². The molecule has 0 atom stereocenters. The van der Waals surface area contributed by atoms with Gasteiger partial charge in [0.1, 0.15) is 34.7 Å². The maximum atomic E-state index is 14.8. The van der Waals surface area contributed by atoms with E-state index in [4.69, 9.17) is 21.2 Å². The molecular formula is C29H22F2N2O5. The number of carbonyl (C=O) groups excluding carboxylic acids is 1. The number of fused-ring (bicyclic) bond motifs is 1. The number of benzene rings is 3. The van der Waals surface area contributed by atoms with Crippen LogP contribution in [0.2, 0.25) is 0 Å². The van der Waals surface area contributed by atoms with E-state index >= 15 is 0 Å². The maximum Gasteiger partial charge on any atom is 0.303 e. The Morgan fingerprint density at radius 2 is 1.76 bits per heavy atom. The van der Waals surface area contributed by atoms with Gasteiger partial charge in [0.2, 0.25) is 5.69 Å². The van der Waals surface area contributed by atoms with Crippen molar-refractivity contribution in [3.8, 4) is 17.2 Å². The Bertz CT molecular complexity index is 1530. The molecule has 0 amide bonds. The molecule has 0 aliphatic rings. The number of halogens is 2. The Morgan fingerprint density at radius 3 is 2.47 bits per heavy atom. The number of ether oxygens (including phenoxy) is 2. The second kappa shape index (κ2) is 11.9. The first-order valence-corrected chi connectivity index (χ1v) is 11.7. The summed E-state index contributed by atoms with van der Waals surface area (Å²) in [5.41, 5.74) is 1.54. The predicted octanol–water partition coefficient (Wildman–Crippen LogP) is 6.45. The van der Waals surface area contributed by atoms with Crippen molar-refractivity contribution in [3.05, 3.63) is 101 Å². The number of rotatable bonds is 11. The minimum Gasteiger partial charge on any atom is -0.505 e. The van der Waals surface area contributed by atoms with Crippen LogP contribution in [-0.4, -0.2) is 28.4 Å². The van der Waals surface area contributed by atoms with Gasteiger partial charge >= 0.3 is 5.97 Å². The van der Waals surface area contributed by atoms with Crippen LogP contribution in [0.4, 0.5) is 14.5 Å². The molecule has 0 bridgehead atoms. The summed E-state index contributed by atoms with van der Waals surface area (Å²) in [5, 5.41) is 9.27. The molecule has 0 fully saturated rings. The van der Waals surface area contributed by atoms with Gasteiger partial charge in [0.25, 0.3) is 0 Å². The Labute approximate surface area is 217 Å². The number of hydrogen-bond acceptors (Lipinski definition) is 5. The highest BCUT2D eigenvalue weighted by molar-refractivity contribution is 5.91. The van der Waals surface area contributed by atoms with E-state index in [-0.39, 0.29) is 54.4 Å². The summed E-state index contributed by atoms with van der Waals surface area (Å²) < 4.78 is 39.3. The third kappa shape index (κ3) is 6.68. The van der Waals surface area contributed by atoms with Gasteiger partial charge in [-0.25, -0.2) is 13.6 Å². The normalized spacial score (nSPS) is 10.7. The van der Waals surface area contributed by atoms with Gasteiger partial charge in [-0.2, -0.15) is 0 Å². The SMILES string of the molecule is [C-]#[N+]c1cc2c(Oc3ccc(CC(=O)Cc4ccc(F)cc4)c(F)c3)ccnc2cc1OCCCC(=O)O. The second-order valence-corrected chi connectivity index (χ2v) is 8.48. The van der Waals surface area contributed by atoms with Gasteiger partial charge in [0, 0.05) is 36.9 Å². The number of carboxylic acid groups (broad SMARTS) is 1. The molecule has 4 aromatic rings. The molecule has 0 saturated heterocycles. The van der Waals surface area contributed by atoms with Crippen LogP contribution in [-0.2, 0) is 22.4 Å². The van der Waals surface area contributed by atoms with Gasteiger partial charge in [-0.3, -0.25) is 14.6 Å². The molecule has 1 N–H and O–H groups in total. The Balaban J connectivity index is 1.48. The molecule has 0 aliphatic heterocycles. The van der Waals surface area contributed by atoms with Crippen LogP contribution in [0.1, 0.15) is 24.0 Å². The van der Waals surface area contributed by atoms with Gasteiger partial charge in [-0.15, -0.1) is 0 Å². The van der Waals surface area contributed by atoms with E-state index in [1.165, 1.54) is 42.6 Å². The number of aliphatic carboxylic acids is 1. The lowest BCUT2D eigenvalue weighted by atomic mass is 10.0. The molecule has 38 heavy (non-hydrogen) atoms. The summed E-state index contributed by atoms with van der Waals surface area (Å²) in [7, 11) is 0. The summed E-state index contributed by atoms with van der Waals surface area (Å²) in [6.07, 6.45) is 1.69. The largest absolute Gasteiger partial charge is 0.505 e. The molecule has 1 heterocycles. The van der Waals surface area contributed by atoms with E-state index in [0.717, 1.165) is 0 Å². The molecule has 1 aromatic heterocycles. The van der Waals surface area contributed by atoms with Crippen molar-refractivity contribution in [2.75, 3.05) is 6.61 Å². The molecule has 192 valence electrons. The highest BCUT2D eigenvalue weighted by Crippen LogP contribution is 2.37. The first-order valence-electron chi connectivity index (χ1n) is 11.7. The minimum atomic E-state index is -0.929. The quantitative estimate of drug-likeness (QED) is 0.182. The van der Waals surface area contributed by atoms with Crippen LogP contribution in [0, 0.1) is 18.2 Å². The molecule has 4 rings (SSSR count). The highest BCUT2D eigenvalue weighted by Gasteiger charge is 2.14. The number of nitrogens with zero attached hydrogens (tertiary/aromatic N) is 2. The summed E-state index contributed by atoms with van der Waals surface area (Å²) in [5.74, 6) is -1.31. The van der Waals surface area contributed by atoms with Crippen molar-refractivity contribution in [2.24, 2.45) is 0 Å². The molecule has 9 heteroatoms. The number of pyridine rings is 1. The zero-order chi connectivity index (χ0) is 27.1. The van der Waals surface area contributed by atoms with Crippen LogP contribution in [0.3, 0.4) is 0 Å². The number of hydrogen-bond donors (Lipinski definition) is 1. The van der Waals surface area contributed by atoms with Crippen LogP contribution in [0.15, 0.2) is 66.9 Å². The van der Waals surface area contributed by atoms with E-state index < -0.39 is 17.6 Å². The molecule has 0 unspecified atom stereocenters. The van der Waals surface area contributed by atoms with Crippen LogP contribution in [0.25, 0.3) is 15.7 Å². The van der Waals surface area contributed by atoms with E-state index in [1.54, 1.807) is 24.3 Å². The zero-order valence-corrected chi connectivity index (χ0v) is 20.1. The Morgan fingerprint density at radius 1 is 0.974 bits per heavy atom. The molecule has 7 nitrogen and oxygen atoms in total. The van der Waals surface area contributed by atoms with Crippen molar-refractivity contribution < 1.29 is 33.0 Å². The summed E-state index contributed by atoms with van der Waals surface area (Å²) >= 11 is 0. The average molecular weight is 517 g/mol. The first-order chi connectivity index (χ1) is 18.3. The Hall–Kier alpha value is -4.84. The van der Waals surface area contributed by atoms with Crippen molar-refractivity contribution >= 4 is 28.3 Å². The molecule has 0 radical (unpaired) electrons. The van der Waals surface area contributed by atoms with E-state index in [9.17, 15) is 18.4 Å². The van der Waals surface area contributed by atoms with Gasteiger partial charge in [0.15, 0.2) is 0 Å². The summed E-state index contributed by atoms with van der Waals surface area (Å²) in [6.45, 7) is 7.62. The van der Waals surface area contributed by atoms with Gasteiger partial charge < -0.3 is 14.6 Å². The lowest BCUT2D eigenvalue weighted by Gasteiger charge is -2.13. The number of Topliss-reactive ketones (excluding diaryl/α,β-unsaturated/α-hetero) is 1. The number of carboxylic acids is 1. The van der Waals surface area contributed by atoms with E-state index in [1.807, 2.05) is 0 Å². The van der Waals surface area contributed by atoms with E-state index in [0.29, 0.717) is 28.6 Å². The van der Waals surface area contributed by atoms with Crippen molar-refractivity contribution in [1.29, 1.82) is 0 Å². The fourth-order valence-corrected chi connectivity index (χ4v) is 3.80. The predicted molar refractivity (Wildman–Crippen MR) is 136 cm³/mol. The summed E-state index contributed by atoms with van der Waals surface area (Å²) in [4.78, 5) is 30.8. The first kappa shape index (κ1) is 26.2. The fourth-order valence-electron chi connectivity index (χ4n) is 3.80. The monoisotopic (exact) mass is 516 g/mol. The maximum absolute atomic E-state index is 14.8. The van der Waals surface area contributed by atoms with E-state index in [2.05, 4.69) is 9.83 Å². The lowest BCUT2D eigenvalue weighted by Crippen LogP contribution is -2.08. The lowest BCUT2D eigenvalue weighted by molar-refractivity contribution is -0.137. The fraction of sp³-hybridized carbons (Fsp3) is 0.172. The molecule has 0 saturated carbocycles. The van der Waals surface area contributed by atoms with Crippen molar-refractivity contribution in [3.63, 3.8) is 0 Å². The van der Waals surface area contributed by atoms with Crippen molar-refractivity contribution in [1.82, 2.24) is 4.98 Å². The van der Waals surface area contributed by atoms with Crippen LogP contribution < -0.4 is 9.47 Å². The number of ketones is 1. The second-order valence-electron chi connectivity index (χ2n) is 8.48.